The summed E-state index contributed by atoms with van der Waals surface area (Å²) in [6.07, 6.45) is 10.8. The van der Waals surface area contributed by atoms with E-state index in [1.165, 1.54) is 31.4 Å². The van der Waals surface area contributed by atoms with Crippen molar-refractivity contribution in [2.75, 3.05) is 62.6 Å². The van der Waals surface area contributed by atoms with Crippen molar-refractivity contribution in [3.8, 4) is 17.0 Å². The minimum absolute atomic E-state index is 0.221. The Bertz CT molecular complexity index is 1980. The van der Waals surface area contributed by atoms with Crippen LogP contribution in [0.4, 0.5) is 11.6 Å². The molecule has 2 amide bonds. The van der Waals surface area contributed by atoms with Gasteiger partial charge in [0.15, 0.2) is 0 Å². The molecule has 4 aromatic rings. The number of anilines is 2. The first kappa shape index (κ1) is 35.5. The monoisotopic (exact) mass is 718 g/mol. The second-order valence-corrected chi connectivity index (χ2v) is 17.0. The van der Waals surface area contributed by atoms with E-state index in [9.17, 15) is 9.59 Å². The van der Waals surface area contributed by atoms with Gasteiger partial charge in [-0.1, -0.05) is 20.8 Å². The van der Waals surface area contributed by atoms with Gasteiger partial charge in [0.05, 0.1) is 28.9 Å². The molecule has 280 valence electrons. The summed E-state index contributed by atoms with van der Waals surface area (Å²) in [4.78, 5) is 47.6. The number of carbonyl (C=O) groups excluding carboxylic acids is 2. The molecule has 3 aromatic heterocycles. The number of pyridine rings is 2. The van der Waals surface area contributed by atoms with E-state index >= 15 is 0 Å². The van der Waals surface area contributed by atoms with Crippen LogP contribution < -0.4 is 15.0 Å². The number of hydrogen-bond acceptors (Lipinski definition) is 8. The first-order valence-electron chi connectivity index (χ1n) is 19.7. The quantitative estimate of drug-likeness (QED) is 0.246. The number of imidazole rings is 1. The van der Waals surface area contributed by atoms with Gasteiger partial charge in [0.1, 0.15) is 5.75 Å². The molecule has 11 heteroatoms. The highest BCUT2D eigenvalue weighted by Crippen LogP contribution is 2.43. The molecule has 3 fully saturated rings. The Morgan fingerprint density at radius 2 is 1.77 bits per heavy atom. The van der Waals surface area contributed by atoms with Crippen molar-refractivity contribution in [2.45, 2.75) is 79.2 Å². The number of aromatic nitrogens is 4. The van der Waals surface area contributed by atoms with Crippen molar-refractivity contribution in [3.05, 3.63) is 60.0 Å². The Morgan fingerprint density at radius 1 is 1.00 bits per heavy atom. The first-order chi connectivity index (χ1) is 25.5. The average Bonchev–Trinajstić information content (AvgIpc) is 3.47. The highest BCUT2D eigenvalue weighted by atomic mass is 16.5. The van der Waals surface area contributed by atoms with Crippen LogP contribution in [0, 0.1) is 23.7 Å². The zero-order valence-corrected chi connectivity index (χ0v) is 31.9. The van der Waals surface area contributed by atoms with Gasteiger partial charge in [-0.15, -0.1) is 0 Å². The fourth-order valence-corrected chi connectivity index (χ4v) is 8.98. The summed E-state index contributed by atoms with van der Waals surface area (Å²) in [5.41, 5.74) is 6.50. The first-order valence-corrected chi connectivity index (χ1v) is 19.7. The SMILES string of the molecule is Cc1cc2cc(n1)-c1cnccc1OCCC[C@@H](C)Cn1c(nc3ccc(N4CCC5(CCN(CCC(=O)N6CC(C)(C)C6)CC5)CC4)cc31)NC2=O. The van der Waals surface area contributed by atoms with Crippen molar-refractivity contribution >= 4 is 34.5 Å². The number of aryl methyl sites for hydroxylation is 1. The van der Waals surface area contributed by atoms with Crippen molar-refractivity contribution in [3.63, 3.8) is 0 Å². The van der Waals surface area contributed by atoms with Crippen LogP contribution in [0.15, 0.2) is 48.8 Å². The number of benzene rings is 1. The number of nitrogens with zero attached hydrogens (tertiary/aromatic N) is 7. The Balaban J connectivity index is 0.959. The Kier molecular flexibility index (Phi) is 9.64. The van der Waals surface area contributed by atoms with E-state index in [1.54, 1.807) is 12.4 Å². The van der Waals surface area contributed by atoms with Crippen LogP contribution in [0.3, 0.4) is 0 Å². The van der Waals surface area contributed by atoms with Crippen LogP contribution in [0.25, 0.3) is 22.3 Å². The third-order valence-electron chi connectivity index (χ3n) is 12.2. The average molecular weight is 719 g/mol. The lowest BCUT2D eigenvalue weighted by Crippen LogP contribution is -2.56. The van der Waals surface area contributed by atoms with Crippen molar-refractivity contribution in [2.24, 2.45) is 16.7 Å². The van der Waals surface area contributed by atoms with E-state index in [1.807, 2.05) is 30.0 Å². The Hall–Kier alpha value is -4.51. The number of ether oxygens (including phenoxy) is 1. The molecule has 4 aliphatic heterocycles. The number of piperidine rings is 2. The smallest absolute Gasteiger partial charge is 0.258 e. The van der Waals surface area contributed by atoms with E-state index in [4.69, 9.17) is 14.7 Å². The summed E-state index contributed by atoms with van der Waals surface area (Å²) in [5.74, 6) is 1.72. The fourth-order valence-electron chi connectivity index (χ4n) is 8.98. The lowest BCUT2D eigenvalue weighted by Gasteiger charge is -2.48. The molecule has 7 heterocycles. The molecule has 1 N–H and O–H groups in total. The zero-order chi connectivity index (χ0) is 36.7. The number of amides is 2. The van der Waals surface area contributed by atoms with Gasteiger partial charge in [-0.25, -0.2) is 4.98 Å². The van der Waals surface area contributed by atoms with Gasteiger partial charge in [0.25, 0.3) is 5.91 Å². The van der Waals surface area contributed by atoms with Gasteiger partial charge in [-0.2, -0.15) is 0 Å². The third kappa shape index (κ3) is 7.63. The van der Waals surface area contributed by atoms with Gasteiger partial charge < -0.3 is 24.0 Å². The van der Waals surface area contributed by atoms with Crippen LogP contribution in [0.5, 0.6) is 5.75 Å². The lowest BCUT2D eigenvalue weighted by molar-refractivity contribution is -0.141. The Morgan fingerprint density at radius 3 is 2.55 bits per heavy atom. The van der Waals surface area contributed by atoms with Crippen LogP contribution in [-0.2, 0) is 11.3 Å². The molecule has 11 nitrogen and oxygen atoms in total. The maximum absolute atomic E-state index is 13.8. The topological polar surface area (TPSA) is 109 Å². The summed E-state index contributed by atoms with van der Waals surface area (Å²) < 4.78 is 8.45. The van der Waals surface area contributed by atoms with E-state index in [0.717, 1.165) is 93.2 Å². The molecule has 1 spiro atoms. The van der Waals surface area contributed by atoms with Crippen molar-refractivity contribution in [1.29, 1.82) is 0 Å². The number of rotatable bonds is 4. The van der Waals surface area contributed by atoms with Crippen LogP contribution in [0.1, 0.15) is 81.8 Å². The number of nitrogens with one attached hydrogen (secondary N) is 1. The van der Waals surface area contributed by atoms with Crippen molar-refractivity contribution < 1.29 is 14.3 Å². The van der Waals surface area contributed by atoms with E-state index < -0.39 is 0 Å². The number of fused-ring (bicyclic) bond motifs is 7. The maximum atomic E-state index is 13.8. The second kappa shape index (κ2) is 14.4. The minimum atomic E-state index is -0.221. The van der Waals surface area contributed by atoms with Gasteiger partial charge in [-0.05, 0) is 112 Å². The highest BCUT2D eigenvalue weighted by Gasteiger charge is 2.39. The standard InChI is InChI=1S/C42H54N8O3/c1-29-6-5-21-53-37-9-15-43-25-33(37)35-23-31(22-30(2)44-35)39(52)46-40-45-34-8-7-32(24-36(34)50(40)26-29)48-19-13-42(14-20-48)11-17-47(18-12-42)16-10-38(51)49-27-41(3,4)28-49/h7-9,15,22-25,29H,5-6,10-14,16-21,26-28H2,1-4H3,(H,45,46,52)/t29-/m1/s1. The Labute approximate surface area is 313 Å². The largest absolute Gasteiger partial charge is 0.493 e. The summed E-state index contributed by atoms with van der Waals surface area (Å²) in [5, 5.41) is 3.17. The van der Waals surface area contributed by atoms with Crippen LogP contribution >= 0.6 is 0 Å². The predicted octanol–water partition coefficient (Wildman–Crippen LogP) is 6.80. The summed E-state index contributed by atoms with van der Waals surface area (Å²) in [6, 6.07) is 12.1. The molecular weight excluding hydrogens is 665 g/mol. The minimum Gasteiger partial charge on any atom is -0.493 e. The maximum Gasteiger partial charge on any atom is 0.258 e. The van der Waals surface area contributed by atoms with Gasteiger partial charge in [-0.3, -0.25) is 24.9 Å². The van der Waals surface area contributed by atoms with Gasteiger partial charge >= 0.3 is 0 Å². The molecule has 53 heavy (non-hydrogen) atoms. The highest BCUT2D eigenvalue weighted by molar-refractivity contribution is 6.05. The fraction of sp³-hybridized carbons (Fsp3) is 0.548. The number of hydrogen-bond donors (Lipinski definition) is 1. The number of likely N-dealkylation sites (tertiary alicyclic amines) is 2. The number of carbonyl (C=O) groups is 2. The van der Waals surface area contributed by atoms with Crippen molar-refractivity contribution in [1.82, 2.24) is 29.3 Å². The molecule has 0 saturated carbocycles. The van der Waals surface area contributed by atoms with E-state index in [0.29, 0.717) is 47.5 Å². The molecule has 3 saturated heterocycles. The van der Waals surface area contributed by atoms with Crippen LogP contribution in [-0.4, -0.2) is 93.6 Å². The normalized spacial score (nSPS) is 21.8. The molecule has 4 aliphatic rings. The third-order valence-corrected chi connectivity index (χ3v) is 12.2. The molecule has 0 aliphatic carbocycles. The molecule has 0 unspecified atom stereocenters. The summed E-state index contributed by atoms with van der Waals surface area (Å²) in [7, 11) is 0. The predicted molar refractivity (Wildman–Crippen MR) is 208 cm³/mol. The van der Waals surface area contributed by atoms with Gasteiger partial charge in [0.2, 0.25) is 11.9 Å². The zero-order valence-electron chi connectivity index (χ0n) is 31.9. The summed E-state index contributed by atoms with van der Waals surface area (Å²) in [6.45, 7) is 16.9. The lowest BCUT2D eigenvalue weighted by atomic mass is 9.71. The molecule has 1 aromatic carbocycles. The van der Waals surface area contributed by atoms with Crippen LogP contribution in [0.2, 0.25) is 0 Å². The van der Waals surface area contributed by atoms with Gasteiger partial charge in [0, 0.05) is 75.0 Å². The molecule has 1 atom stereocenters. The molecular formula is C42H54N8O3. The summed E-state index contributed by atoms with van der Waals surface area (Å²) >= 11 is 0. The molecule has 2 bridgehead atoms. The molecule has 0 radical (unpaired) electrons. The van der Waals surface area contributed by atoms with E-state index in [-0.39, 0.29) is 11.3 Å². The second-order valence-electron chi connectivity index (χ2n) is 17.0. The molecule has 8 rings (SSSR count). The van der Waals surface area contributed by atoms with E-state index in [2.05, 4.69) is 63.6 Å².